The lowest BCUT2D eigenvalue weighted by Gasteiger charge is -1.94. The van der Waals surface area contributed by atoms with E-state index in [-0.39, 0.29) is 10.6 Å². The molecule has 7 heavy (non-hydrogen) atoms. The third-order valence-electron chi connectivity index (χ3n) is 0.577. The molecule has 0 rings (SSSR count). The summed E-state index contributed by atoms with van der Waals surface area (Å²) in [5.41, 5.74) is 0. The van der Waals surface area contributed by atoms with Gasteiger partial charge in [-0.15, -0.1) is 0 Å². The first kappa shape index (κ1) is 7.88. The van der Waals surface area contributed by atoms with Crippen LogP contribution in [0.5, 0.6) is 0 Å². The molecular formula is C4H6BrIO. The summed E-state index contributed by atoms with van der Waals surface area (Å²) in [5, 5.41) is 0. The van der Waals surface area contributed by atoms with Gasteiger partial charge in [0.05, 0.1) is 4.83 Å². The van der Waals surface area contributed by atoms with E-state index in [1.54, 1.807) is 6.92 Å². The Hall–Kier alpha value is 0.880. The number of hydrogen-bond donors (Lipinski definition) is 0. The smallest absolute Gasteiger partial charge is 0.144 e. The largest absolute Gasteiger partial charge is 0.299 e. The van der Waals surface area contributed by atoms with Crippen molar-refractivity contribution in [3.8, 4) is 0 Å². The number of alkyl halides is 2. The molecule has 0 spiro atoms. The summed E-state index contributed by atoms with van der Waals surface area (Å²) in [4.78, 5) is 10.4. The molecule has 0 aromatic carbocycles. The number of ketones is 1. The molecule has 0 aromatic heterocycles. The highest BCUT2D eigenvalue weighted by atomic mass is 127. The van der Waals surface area contributed by atoms with Gasteiger partial charge in [0.25, 0.3) is 0 Å². The number of rotatable bonds is 2. The number of carbonyl (C=O) groups excluding carboxylic acids is 1. The van der Waals surface area contributed by atoms with E-state index in [0.29, 0.717) is 0 Å². The summed E-state index contributed by atoms with van der Waals surface area (Å²) in [7, 11) is 0. The van der Waals surface area contributed by atoms with Crippen LogP contribution in [0.1, 0.15) is 6.92 Å². The van der Waals surface area contributed by atoms with Gasteiger partial charge in [-0.3, -0.25) is 4.79 Å². The Kier molecular flexibility index (Phi) is 4.31. The monoisotopic (exact) mass is 276 g/mol. The molecule has 0 N–H and O–H groups in total. The molecule has 0 fully saturated rings. The molecule has 0 heterocycles. The van der Waals surface area contributed by atoms with Crippen molar-refractivity contribution in [2.24, 2.45) is 0 Å². The van der Waals surface area contributed by atoms with E-state index in [2.05, 4.69) is 38.5 Å². The average molecular weight is 277 g/mol. The van der Waals surface area contributed by atoms with Crippen molar-refractivity contribution in [3.05, 3.63) is 0 Å². The van der Waals surface area contributed by atoms with E-state index in [1.807, 2.05) is 0 Å². The number of halogens is 2. The van der Waals surface area contributed by atoms with Crippen molar-refractivity contribution in [2.45, 2.75) is 11.8 Å². The fourth-order valence-electron chi connectivity index (χ4n) is 0.109. The second-order valence-corrected chi connectivity index (χ2v) is 3.22. The minimum atomic E-state index is 0.0631. The topological polar surface area (TPSA) is 17.1 Å². The van der Waals surface area contributed by atoms with Crippen LogP contribution in [0, 0.1) is 0 Å². The van der Waals surface area contributed by atoms with E-state index in [0.717, 1.165) is 4.43 Å². The van der Waals surface area contributed by atoms with Crippen molar-refractivity contribution in [2.75, 3.05) is 4.43 Å². The Morgan fingerprint density at radius 1 is 2.00 bits per heavy atom. The summed E-state index contributed by atoms with van der Waals surface area (Å²) in [6.45, 7) is 1.58. The van der Waals surface area contributed by atoms with Gasteiger partial charge in [-0.05, 0) is 6.92 Å². The minimum absolute atomic E-state index is 0.0631. The molecule has 42 valence electrons. The lowest BCUT2D eigenvalue weighted by atomic mass is 10.4. The van der Waals surface area contributed by atoms with Gasteiger partial charge in [-0.25, -0.2) is 0 Å². The van der Waals surface area contributed by atoms with Gasteiger partial charge in [0.1, 0.15) is 5.78 Å². The molecule has 0 aliphatic heterocycles. The Bertz CT molecular complexity index is 74.1. The maximum atomic E-state index is 10.3. The van der Waals surface area contributed by atoms with Gasteiger partial charge in [-0.2, -0.15) is 0 Å². The van der Waals surface area contributed by atoms with Crippen LogP contribution in [0.2, 0.25) is 0 Å². The van der Waals surface area contributed by atoms with Crippen LogP contribution < -0.4 is 0 Å². The Morgan fingerprint density at radius 3 is 2.43 bits per heavy atom. The van der Waals surface area contributed by atoms with Crippen LogP contribution in [0.4, 0.5) is 0 Å². The molecule has 0 bridgehead atoms. The molecule has 1 atom stereocenters. The van der Waals surface area contributed by atoms with Crippen LogP contribution in [-0.2, 0) is 4.79 Å². The summed E-state index contributed by atoms with van der Waals surface area (Å²) >= 11 is 5.35. The number of hydrogen-bond acceptors (Lipinski definition) is 1. The Balaban J connectivity index is 3.34. The van der Waals surface area contributed by atoms with Gasteiger partial charge in [-0.1, -0.05) is 38.5 Å². The average Bonchev–Trinajstić information content (AvgIpc) is 1.65. The maximum absolute atomic E-state index is 10.3. The third kappa shape index (κ3) is 3.46. The first-order valence-electron chi connectivity index (χ1n) is 1.89. The van der Waals surface area contributed by atoms with Crippen molar-refractivity contribution in [1.82, 2.24) is 0 Å². The van der Waals surface area contributed by atoms with E-state index < -0.39 is 0 Å². The van der Waals surface area contributed by atoms with E-state index in [4.69, 9.17) is 0 Å². The molecule has 0 saturated heterocycles. The SMILES string of the molecule is CC(=O)C(Br)CI. The summed E-state index contributed by atoms with van der Waals surface area (Å²) in [6.07, 6.45) is 0. The summed E-state index contributed by atoms with van der Waals surface area (Å²) in [5.74, 6) is 0.203. The van der Waals surface area contributed by atoms with Crippen molar-refractivity contribution < 1.29 is 4.79 Å². The Morgan fingerprint density at radius 2 is 2.43 bits per heavy atom. The lowest BCUT2D eigenvalue weighted by Crippen LogP contribution is -2.09. The summed E-state index contributed by atoms with van der Waals surface area (Å²) in [6, 6.07) is 0. The normalized spacial score (nSPS) is 13.6. The zero-order valence-electron chi connectivity index (χ0n) is 3.95. The maximum Gasteiger partial charge on any atom is 0.144 e. The van der Waals surface area contributed by atoms with Crippen molar-refractivity contribution in [1.29, 1.82) is 0 Å². The molecule has 1 unspecified atom stereocenters. The fraction of sp³-hybridized carbons (Fsp3) is 0.750. The lowest BCUT2D eigenvalue weighted by molar-refractivity contribution is -0.116. The van der Waals surface area contributed by atoms with E-state index in [1.165, 1.54) is 0 Å². The highest BCUT2D eigenvalue weighted by Crippen LogP contribution is 2.03. The van der Waals surface area contributed by atoms with E-state index >= 15 is 0 Å². The van der Waals surface area contributed by atoms with Gasteiger partial charge in [0.15, 0.2) is 0 Å². The number of carbonyl (C=O) groups is 1. The van der Waals surface area contributed by atoms with Crippen LogP contribution in [-0.4, -0.2) is 15.0 Å². The molecular weight excluding hydrogens is 271 g/mol. The first-order chi connectivity index (χ1) is 3.18. The van der Waals surface area contributed by atoms with Crippen LogP contribution in [0.3, 0.4) is 0 Å². The molecule has 0 saturated carbocycles. The molecule has 0 aromatic rings. The van der Waals surface area contributed by atoms with Crippen molar-refractivity contribution in [3.63, 3.8) is 0 Å². The van der Waals surface area contributed by atoms with Gasteiger partial charge in [0, 0.05) is 4.43 Å². The van der Waals surface area contributed by atoms with Crippen molar-refractivity contribution >= 4 is 44.3 Å². The zero-order valence-corrected chi connectivity index (χ0v) is 7.69. The highest BCUT2D eigenvalue weighted by molar-refractivity contribution is 14.1. The predicted molar refractivity (Wildman–Crippen MR) is 42.3 cm³/mol. The van der Waals surface area contributed by atoms with Crippen LogP contribution >= 0.6 is 38.5 Å². The summed E-state index contributed by atoms with van der Waals surface area (Å²) < 4.78 is 0.854. The fourth-order valence-corrected chi connectivity index (χ4v) is 0.729. The second-order valence-electron chi connectivity index (χ2n) is 1.23. The first-order valence-corrected chi connectivity index (χ1v) is 4.33. The molecule has 0 aliphatic carbocycles. The van der Waals surface area contributed by atoms with E-state index in [9.17, 15) is 4.79 Å². The molecule has 0 radical (unpaired) electrons. The number of Topliss-reactive ketones (excluding diaryl/α,β-unsaturated/α-hetero) is 1. The standard InChI is InChI=1S/C4H6BrIO/c1-3(7)4(5)2-6/h4H,2H2,1H3. The second kappa shape index (κ2) is 3.83. The van der Waals surface area contributed by atoms with Gasteiger partial charge < -0.3 is 0 Å². The zero-order chi connectivity index (χ0) is 5.86. The van der Waals surface area contributed by atoms with Crippen LogP contribution in [0.15, 0.2) is 0 Å². The molecule has 1 nitrogen and oxygen atoms in total. The quantitative estimate of drug-likeness (QED) is 0.555. The molecule has 0 aliphatic rings. The predicted octanol–water partition coefficient (Wildman–Crippen LogP) is 1.77. The highest BCUT2D eigenvalue weighted by Gasteiger charge is 2.04. The minimum Gasteiger partial charge on any atom is -0.299 e. The van der Waals surface area contributed by atoms with Gasteiger partial charge in [0.2, 0.25) is 0 Å². The van der Waals surface area contributed by atoms with Gasteiger partial charge >= 0.3 is 0 Å². The third-order valence-corrected chi connectivity index (χ3v) is 3.64. The molecule has 0 amide bonds. The van der Waals surface area contributed by atoms with Crippen LogP contribution in [0.25, 0.3) is 0 Å². The Labute approximate surface area is 65.1 Å². The molecule has 3 heteroatoms.